The fourth-order valence-electron chi connectivity index (χ4n) is 2.30. The Morgan fingerprint density at radius 1 is 1.09 bits per heavy atom. The van der Waals surface area contributed by atoms with Crippen molar-refractivity contribution >= 4 is 17.3 Å². The second-order valence-electron chi connectivity index (χ2n) is 5.25. The van der Waals surface area contributed by atoms with Gasteiger partial charge in [-0.25, -0.2) is 0 Å². The summed E-state index contributed by atoms with van der Waals surface area (Å²) in [5.41, 5.74) is 2.42. The smallest absolute Gasteiger partial charge is 0.150 e. The molecule has 3 nitrogen and oxygen atoms in total. The molecule has 0 saturated heterocycles. The average Bonchev–Trinajstić information content (AvgIpc) is 2.98. The van der Waals surface area contributed by atoms with E-state index in [1.54, 1.807) is 12.1 Å². The summed E-state index contributed by atoms with van der Waals surface area (Å²) in [7, 11) is 0. The largest absolute Gasteiger partial charge is 0.493 e. The van der Waals surface area contributed by atoms with Crippen LogP contribution in [0.3, 0.4) is 0 Å². The summed E-state index contributed by atoms with van der Waals surface area (Å²) in [5, 5.41) is 1.04. The Hall–Kier alpha value is -2.55. The van der Waals surface area contributed by atoms with Crippen molar-refractivity contribution in [2.45, 2.75) is 19.8 Å². The SMILES string of the molecule is CCCCOc1ccc2cc(-c3ccc(C=O)cc3)oc2c1. The van der Waals surface area contributed by atoms with Crippen molar-refractivity contribution < 1.29 is 13.9 Å². The number of aldehydes is 1. The molecule has 3 rings (SSSR count). The van der Waals surface area contributed by atoms with Crippen LogP contribution in [0.4, 0.5) is 0 Å². The van der Waals surface area contributed by atoms with E-state index in [-0.39, 0.29) is 0 Å². The van der Waals surface area contributed by atoms with E-state index in [2.05, 4.69) is 6.92 Å². The summed E-state index contributed by atoms with van der Waals surface area (Å²) in [6.45, 7) is 2.87. The van der Waals surface area contributed by atoms with Gasteiger partial charge in [-0.3, -0.25) is 4.79 Å². The van der Waals surface area contributed by atoms with Gasteiger partial charge in [0.15, 0.2) is 0 Å². The maximum absolute atomic E-state index is 10.7. The van der Waals surface area contributed by atoms with Crippen LogP contribution in [-0.4, -0.2) is 12.9 Å². The van der Waals surface area contributed by atoms with Crippen LogP contribution in [0.5, 0.6) is 5.75 Å². The lowest BCUT2D eigenvalue weighted by molar-refractivity contribution is 0.112. The molecule has 0 saturated carbocycles. The first-order valence-corrected chi connectivity index (χ1v) is 7.52. The number of carbonyl (C=O) groups is 1. The van der Waals surface area contributed by atoms with E-state index in [0.717, 1.165) is 53.8 Å². The Bertz CT molecular complexity index is 769. The van der Waals surface area contributed by atoms with Crippen LogP contribution in [0.2, 0.25) is 0 Å². The minimum absolute atomic E-state index is 0.659. The topological polar surface area (TPSA) is 39.4 Å². The highest BCUT2D eigenvalue weighted by molar-refractivity contribution is 5.84. The molecule has 0 unspecified atom stereocenters. The fourth-order valence-corrected chi connectivity index (χ4v) is 2.30. The van der Waals surface area contributed by atoms with Crippen molar-refractivity contribution in [3.8, 4) is 17.1 Å². The van der Waals surface area contributed by atoms with E-state index in [9.17, 15) is 4.79 Å². The van der Waals surface area contributed by atoms with E-state index in [0.29, 0.717) is 5.56 Å². The Morgan fingerprint density at radius 3 is 2.64 bits per heavy atom. The van der Waals surface area contributed by atoms with Crippen LogP contribution in [0.1, 0.15) is 30.1 Å². The van der Waals surface area contributed by atoms with Crippen LogP contribution in [0, 0.1) is 0 Å². The molecule has 2 aromatic carbocycles. The quantitative estimate of drug-likeness (QED) is 0.469. The van der Waals surface area contributed by atoms with Gasteiger partial charge in [-0.2, -0.15) is 0 Å². The fraction of sp³-hybridized carbons (Fsp3) is 0.211. The van der Waals surface area contributed by atoms with Crippen LogP contribution in [0.25, 0.3) is 22.3 Å². The Labute approximate surface area is 129 Å². The zero-order valence-electron chi connectivity index (χ0n) is 12.5. The third-order valence-corrected chi connectivity index (χ3v) is 3.59. The molecule has 0 aliphatic carbocycles. The Kier molecular flexibility index (Phi) is 4.24. The lowest BCUT2D eigenvalue weighted by Crippen LogP contribution is -1.95. The van der Waals surface area contributed by atoms with Crippen molar-refractivity contribution in [3.63, 3.8) is 0 Å². The zero-order valence-corrected chi connectivity index (χ0v) is 12.5. The average molecular weight is 294 g/mol. The molecule has 1 heterocycles. The van der Waals surface area contributed by atoms with Gasteiger partial charge in [-0.15, -0.1) is 0 Å². The van der Waals surface area contributed by atoms with Gasteiger partial charge in [0.05, 0.1) is 6.61 Å². The molecule has 0 aliphatic heterocycles. The van der Waals surface area contributed by atoms with E-state index in [1.807, 2.05) is 36.4 Å². The first-order valence-electron chi connectivity index (χ1n) is 7.52. The number of benzene rings is 2. The molecule has 0 aliphatic rings. The summed E-state index contributed by atoms with van der Waals surface area (Å²) < 4.78 is 11.6. The Balaban J connectivity index is 1.86. The zero-order chi connectivity index (χ0) is 15.4. The third-order valence-electron chi connectivity index (χ3n) is 3.59. The normalized spacial score (nSPS) is 10.8. The molecule has 0 bridgehead atoms. The van der Waals surface area contributed by atoms with Crippen LogP contribution in [-0.2, 0) is 0 Å². The number of carbonyl (C=O) groups excluding carboxylic acids is 1. The minimum Gasteiger partial charge on any atom is -0.493 e. The monoisotopic (exact) mass is 294 g/mol. The standard InChI is InChI=1S/C19H18O3/c1-2-3-10-21-17-9-8-16-11-18(22-19(16)12-17)15-6-4-14(13-20)5-7-15/h4-9,11-13H,2-3,10H2,1H3. The summed E-state index contributed by atoms with van der Waals surface area (Å²) >= 11 is 0. The van der Waals surface area contributed by atoms with Gasteiger partial charge in [-0.1, -0.05) is 37.6 Å². The van der Waals surface area contributed by atoms with Gasteiger partial charge in [0.25, 0.3) is 0 Å². The van der Waals surface area contributed by atoms with Crippen molar-refractivity contribution in [2.75, 3.05) is 6.61 Å². The number of hydrogen-bond donors (Lipinski definition) is 0. The molecule has 0 radical (unpaired) electrons. The molecule has 112 valence electrons. The second kappa shape index (κ2) is 6.48. The number of furan rings is 1. The van der Waals surface area contributed by atoms with Gasteiger partial charge in [-0.05, 0) is 24.6 Å². The summed E-state index contributed by atoms with van der Waals surface area (Å²) in [5.74, 6) is 1.62. The van der Waals surface area contributed by atoms with Crippen molar-refractivity contribution in [3.05, 3.63) is 54.1 Å². The van der Waals surface area contributed by atoms with Gasteiger partial charge in [0.2, 0.25) is 0 Å². The molecule has 22 heavy (non-hydrogen) atoms. The highest BCUT2D eigenvalue weighted by Crippen LogP contribution is 2.30. The molecule has 0 fully saturated rings. The molecule has 3 heteroatoms. The molecule has 0 spiro atoms. The van der Waals surface area contributed by atoms with Gasteiger partial charge in [0, 0.05) is 22.6 Å². The highest BCUT2D eigenvalue weighted by atomic mass is 16.5. The van der Waals surface area contributed by atoms with Crippen molar-refractivity contribution in [1.29, 1.82) is 0 Å². The molecular formula is C19H18O3. The molecule has 0 atom stereocenters. The maximum atomic E-state index is 10.7. The van der Waals surface area contributed by atoms with Crippen molar-refractivity contribution in [2.24, 2.45) is 0 Å². The first kappa shape index (κ1) is 14.4. The number of rotatable bonds is 6. The summed E-state index contributed by atoms with van der Waals surface area (Å²) in [6, 6.07) is 15.2. The molecular weight excluding hydrogens is 276 g/mol. The lowest BCUT2D eigenvalue weighted by Gasteiger charge is -2.04. The van der Waals surface area contributed by atoms with Gasteiger partial charge >= 0.3 is 0 Å². The van der Waals surface area contributed by atoms with Gasteiger partial charge < -0.3 is 9.15 Å². The van der Waals surface area contributed by atoms with Crippen molar-refractivity contribution in [1.82, 2.24) is 0 Å². The first-order chi connectivity index (χ1) is 10.8. The predicted octanol–water partition coefficient (Wildman–Crippen LogP) is 5.09. The number of ether oxygens (including phenoxy) is 1. The maximum Gasteiger partial charge on any atom is 0.150 e. The Morgan fingerprint density at radius 2 is 1.91 bits per heavy atom. The van der Waals surface area contributed by atoms with E-state index >= 15 is 0 Å². The van der Waals surface area contributed by atoms with Gasteiger partial charge in [0.1, 0.15) is 23.4 Å². The third kappa shape index (κ3) is 3.03. The molecule has 1 aromatic heterocycles. The molecule has 0 N–H and O–H groups in total. The van der Waals surface area contributed by atoms with E-state index in [1.165, 1.54) is 0 Å². The minimum atomic E-state index is 0.659. The second-order valence-corrected chi connectivity index (χ2v) is 5.25. The van der Waals surface area contributed by atoms with E-state index in [4.69, 9.17) is 9.15 Å². The number of hydrogen-bond acceptors (Lipinski definition) is 3. The van der Waals surface area contributed by atoms with Crippen LogP contribution in [0.15, 0.2) is 52.9 Å². The summed E-state index contributed by atoms with van der Waals surface area (Å²) in [4.78, 5) is 10.7. The van der Waals surface area contributed by atoms with Crippen LogP contribution < -0.4 is 4.74 Å². The molecule has 0 amide bonds. The molecule has 3 aromatic rings. The number of fused-ring (bicyclic) bond motifs is 1. The predicted molar refractivity (Wildman–Crippen MR) is 87.4 cm³/mol. The summed E-state index contributed by atoms with van der Waals surface area (Å²) in [6.07, 6.45) is 3.00. The van der Waals surface area contributed by atoms with E-state index < -0.39 is 0 Å². The van der Waals surface area contributed by atoms with Crippen LogP contribution >= 0.6 is 0 Å². The number of unbranched alkanes of at least 4 members (excludes halogenated alkanes) is 1. The highest BCUT2D eigenvalue weighted by Gasteiger charge is 2.07. The lowest BCUT2D eigenvalue weighted by atomic mass is 10.1.